The van der Waals surface area contributed by atoms with Crippen molar-refractivity contribution >= 4 is 16.8 Å². The SMILES string of the molecule is Cc1cccc(C(=O)NCCc2c[nH]c3ccccc23)c1C. The number of aromatic amines is 1. The Balaban J connectivity index is 1.66. The molecule has 3 heteroatoms. The van der Waals surface area contributed by atoms with Crippen molar-refractivity contribution in [1.29, 1.82) is 0 Å². The van der Waals surface area contributed by atoms with E-state index in [4.69, 9.17) is 0 Å². The standard InChI is InChI=1S/C19H20N2O/c1-13-6-5-8-16(14(13)2)19(22)20-11-10-15-12-21-18-9-4-3-7-17(15)18/h3-9,12,21H,10-11H2,1-2H3,(H,20,22). The molecule has 0 saturated heterocycles. The van der Waals surface area contributed by atoms with Gasteiger partial charge in [-0.05, 0) is 49.1 Å². The molecule has 3 nitrogen and oxygen atoms in total. The molecule has 2 N–H and O–H groups in total. The molecule has 1 aromatic heterocycles. The number of rotatable bonds is 4. The van der Waals surface area contributed by atoms with Gasteiger partial charge in [0.2, 0.25) is 0 Å². The fraction of sp³-hybridized carbons (Fsp3) is 0.211. The molecular formula is C19H20N2O. The summed E-state index contributed by atoms with van der Waals surface area (Å²) in [5.74, 6) is 0.000964. The molecular weight excluding hydrogens is 272 g/mol. The lowest BCUT2D eigenvalue weighted by Crippen LogP contribution is -2.26. The molecule has 22 heavy (non-hydrogen) atoms. The number of hydrogen-bond acceptors (Lipinski definition) is 1. The van der Waals surface area contributed by atoms with E-state index in [1.54, 1.807) is 0 Å². The third kappa shape index (κ3) is 2.75. The van der Waals surface area contributed by atoms with Crippen LogP contribution in [0.15, 0.2) is 48.7 Å². The van der Waals surface area contributed by atoms with Crippen molar-refractivity contribution in [2.75, 3.05) is 6.54 Å². The Bertz CT molecular complexity index is 817. The number of carbonyl (C=O) groups is 1. The molecule has 0 atom stereocenters. The zero-order valence-corrected chi connectivity index (χ0v) is 12.9. The van der Waals surface area contributed by atoms with Crippen LogP contribution in [0.4, 0.5) is 0 Å². The molecule has 0 saturated carbocycles. The molecule has 1 heterocycles. The van der Waals surface area contributed by atoms with Crippen LogP contribution in [0.25, 0.3) is 10.9 Å². The highest BCUT2D eigenvalue weighted by atomic mass is 16.1. The third-order valence-electron chi connectivity index (χ3n) is 4.20. The van der Waals surface area contributed by atoms with Crippen LogP contribution in [-0.2, 0) is 6.42 Å². The summed E-state index contributed by atoms with van der Waals surface area (Å²) in [5, 5.41) is 4.24. The zero-order valence-electron chi connectivity index (χ0n) is 12.9. The summed E-state index contributed by atoms with van der Waals surface area (Å²) in [7, 11) is 0. The van der Waals surface area contributed by atoms with Gasteiger partial charge in [0.05, 0.1) is 0 Å². The van der Waals surface area contributed by atoms with Crippen molar-refractivity contribution in [1.82, 2.24) is 10.3 Å². The number of nitrogens with one attached hydrogen (secondary N) is 2. The van der Waals surface area contributed by atoms with Crippen LogP contribution < -0.4 is 5.32 Å². The van der Waals surface area contributed by atoms with Gasteiger partial charge in [-0.1, -0.05) is 30.3 Å². The lowest BCUT2D eigenvalue weighted by Gasteiger charge is -2.09. The van der Waals surface area contributed by atoms with Crippen LogP contribution in [0.5, 0.6) is 0 Å². The first-order valence-electron chi connectivity index (χ1n) is 7.56. The van der Waals surface area contributed by atoms with E-state index in [0.717, 1.165) is 28.6 Å². The fourth-order valence-corrected chi connectivity index (χ4v) is 2.74. The van der Waals surface area contributed by atoms with E-state index in [9.17, 15) is 4.79 Å². The minimum Gasteiger partial charge on any atom is -0.361 e. The smallest absolute Gasteiger partial charge is 0.251 e. The molecule has 0 aliphatic carbocycles. The molecule has 0 unspecified atom stereocenters. The maximum Gasteiger partial charge on any atom is 0.251 e. The molecule has 0 aliphatic heterocycles. The summed E-state index contributed by atoms with van der Waals surface area (Å²) in [6, 6.07) is 14.1. The molecule has 3 aromatic rings. The van der Waals surface area contributed by atoms with Crippen molar-refractivity contribution in [3.8, 4) is 0 Å². The van der Waals surface area contributed by atoms with Gasteiger partial charge in [-0.3, -0.25) is 4.79 Å². The van der Waals surface area contributed by atoms with Gasteiger partial charge in [0.15, 0.2) is 0 Å². The first kappa shape index (κ1) is 14.4. The Morgan fingerprint density at radius 3 is 2.77 bits per heavy atom. The number of H-pyrrole nitrogens is 1. The number of benzene rings is 2. The Morgan fingerprint density at radius 2 is 1.91 bits per heavy atom. The molecule has 0 fully saturated rings. The predicted octanol–water partition coefficient (Wildman–Crippen LogP) is 3.76. The van der Waals surface area contributed by atoms with Gasteiger partial charge < -0.3 is 10.3 Å². The Kier molecular flexibility index (Phi) is 3.96. The van der Waals surface area contributed by atoms with Crippen LogP contribution in [0.1, 0.15) is 27.0 Å². The second-order valence-electron chi connectivity index (χ2n) is 5.61. The molecule has 112 valence electrons. The van der Waals surface area contributed by atoms with Crippen LogP contribution in [0.3, 0.4) is 0 Å². The summed E-state index contributed by atoms with van der Waals surface area (Å²) < 4.78 is 0. The first-order valence-corrected chi connectivity index (χ1v) is 7.56. The molecule has 0 aliphatic rings. The minimum absolute atomic E-state index is 0.000964. The number of hydrogen-bond donors (Lipinski definition) is 2. The highest BCUT2D eigenvalue weighted by Gasteiger charge is 2.10. The van der Waals surface area contributed by atoms with Gasteiger partial charge in [-0.2, -0.15) is 0 Å². The second-order valence-corrected chi connectivity index (χ2v) is 5.61. The fourth-order valence-electron chi connectivity index (χ4n) is 2.74. The second kappa shape index (κ2) is 6.06. The van der Waals surface area contributed by atoms with E-state index < -0.39 is 0 Å². The average molecular weight is 292 g/mol. The van der Waals surface area contributed by atoms with Crippen LogP contribution in [-0.4, -0.2) is 17.4 Å². The van der Waals surface area contributed by atoms with E-state index in [-0.39, 0.29) is 5.91 Å². The number of para-hydroxylation sites is 1. The normalized spacial score (nSPS) is 10.8. The molecule has 1 amide bonds. The van der Waals surface area contributed by atoms with Crippen molar-refractivity contribution in [2.45, 2.75) is 20.3 Å². The van der Waals surface area contributed by atoms with Crippen molar-refractivity contribution in [3.63, 3.8) is 0 Å². The maximum absolute atomic E-state index is 12.3. The van der Waals surface area contributed by atoms with Crippen molar-refractivity contribution in [2.24, 2.45) is 0 Å². The van der Waals surface area contributed by atoms with Gasteiger partial charge >= 0.3 is 0 Å². The Hall–Kier alpha value is -2.55. The molecule has 0 spiro atoms. The number of aromatic nitrogens is 1. The minimum atomic E-state index is 0.000964. The number of aryl methyl sites for hydroxylation is 1. The van der Waals surface area contributed by atoms with Gasteiger partial charge in [0.1, 0.15) is 0 Å². The lowest BCUT2D eigenvalue weighted by molar-refractivity contribution is 0.0953. The van der Waals surface area contributed by atoms with E-state index in [1.165, 1.54) is 10.9 Å². The third-order valence-corrected chi connectivity index (χ3v) is 4.20. The topological polar surface area (TPSA) is 44.9 Å². The number of amides is 1. The van der Waals surface area contributed by atoms with Crippen LogP contribution in [0.2, 0.25) is 0 Å². The van der Waals surface area contributed by atoms with E-state index >= 15 is 0 Å². The Labute approximate surface area is 130 Å². The molecule has 2 aromatic carbocycles. The molecule has 0 radical (unpaired) electrons. The molecule has 0 bridgehead atoms. The predicted molar refractivity (Wildman–Crippen MR) is 90.3 cm³/mol. The van der Waals surface area contributed by atoms with Gasteiger partial charge in [-0.25, -0.2) is 0 Å². The first-order chi connectivity index (χ1) is 10.7. The summed E-state index contributed by atoms with van der Waals surface area (Å²) >= 11 is 0. The molecule has 3 rings (SSSR count). The van der Waals surface area contributed by atoms with Crippen LogP contribution in [0, 0.1) is 13.8 Å². The monoisotopic (exact) mass is 292 g/mol. The summed E-state index contributed by atoms with van der Waals surface area (Å²) in [4.78, 5) is 15.6. The van der Waals surface area contributed by atoms with E-state index in [1.807, 2.05) is 50.4 Å². The summed E-state index contributed by atoms with van der Waals surface area (Å²) in [5.41, 5.74) is 5.32. The highest BCUT2D eigenvalue weighted by molar-refractivity contribution is 5.96. The van der Waals surface area contributed by atoms with Gasteiger partial charge in [0, 0.05) is 29.2 Å². The Morgan fingerprint density at radius 1 is 1.09 bits per heavy atom. The van der Waals surface area contributed by atoms with E-state index in [0.29, 0.717) is 6.54 Å². The summed E-state index contributed by atoms with van der Waals surface area (Å²) in [6.45, 7) is 4.65. The number of fused-ring (bicyclic) bond motifs is 1. The quantitative estimate of drug-likeness (QED) is 0.755. The van der Waals surface area contributed by atoms with Crippen LogP contribution >= 0.6 is 0 Å². The van der Waals surface area contributed by atoms with E-state index in [2.05, 4.69) is 22.4 Å². The maximum atomic E-state index is 12.3. The number of carbonyl (C=O) groups excluding carboxylic acids is 1. The van der Waals surface area contributed by atoms with Gasteiger partial charge in [0.25, 0.3) is 5.91 Å². The van der Waals surface area contributed by atoms with Crippen molar-refractivity contribution < 1.29 is 4.79 Å². The zero-order chi connectivity index (χ0) is 15.5. The van der Waals surface area contributed by atoms with Crippen molar-refractivity contribution in [3.05, 3.63) is 70.9 Å². The average Bonchev–Trinajstić information content (AvgIpc) is 2.93. The lowest BCUT2D eigenvalue weighted by atomic mass is 10.0. The van der Waals surface area contributed by atoms with Gasteiger partial charge in [-0.15, -0.1) is 0 Å². The highest BCUT2D eigenvalue weighted by Crippen LogP contribution is 2.18. The largest absolute Gasteiger partial charge is 0.361 e. The summed E-state index contributed by atoms with van der Waals surface area (Å²) in [6.07, 6.45) is 2.84.